The molecule has 0 aliphatic carbocycles. The van der Waals surface area contributed by atoms with Gasteiger partial charge in [-0.1, -0.05) is 49.2 Å². The number of nitrogens with one attached hydrogen (secondary N) is 1. The molecular formula is C18H21Cl2NO. The molecule has 2 aromatic carbocycles. The molecule has 1 N–H and O–H groups in total. The monoisotopic (exact) mass is 337 g/mol. The van der Waals surface area contributed by atoms with E-state index in [2.05, 4.69) is 31.3 Å². The number of hydrogen-bond donors (Lipinski definition) is 1. The van der Waals surface area contributed by atoms with Crippen LogP contribution in [0.2, 0.25) is 10.0 Å². The van der Waals surface area contributed by atoms with Gasteiger partial charge in [0.25, 0.3) is 0 Å². The van der Waals surface area contributed by atoms with Crippen LogP contribution in [0.3, 0.4) is 0 Å². The fraction of sp³-hybridized carbons (Fsp3) is 0.333. The predicted octanol–water partition coefficient (Wildman–Crippen LogP) is 6.00. The molecule has 2 aromatic rings. The molecular weight excluding hydrogens is 317 g/mol. The van der Waals surface area contributed by atoms with E-state index in [1.165, 1.54) is 5.56 Å². The molecule has 0 saturated carbocycles. The van der Waals surface area contributed by atoms with E-state index in [0.717, 1.165) is 11.4 Å². The van der Waals surface area contributed by atoms with E-state index in [1.54, 1.807) is 12.1 Å². The smallest absolute Gasteiger partial charge is 0.119 e. The molecule has 0 saturated heterocycles. The van der Waals surface area contributed by atoms with E-state index >= 15 is 0 Å². The van der Waals surface area contributed by atoms with Crippen molar-refractivity contribution < 1.29 is 4.74 Å². The summed E-state index contributed by atoms with van der Waals surface area (Å²) in [6.07, 6.45) is 0.0138. The van der Waals surface area contributed by atoms with Gasteiger partial charge in [-0.3, -0.25) is 0 Å². The normalized spacial score (nSPS) is 12.3. The van der Waals surface area contributed by atoms with Gasteiger partial charge in [-0.15, -0.1) is 0 Å². The van der Waals surface area contributed by atoms with Gasteiger partial charge in [0, 0.05) is 5.02 Å². The lowest BCUT2D eigenvalue weighted by atomic mass is 10.0. The Balaban J connectivity index is 1.90. The molecule has 0 amide bonds. The summed E-state index contributed by atoms with van der Waals surface area (Å²) in [5.74, 6) is 1.40. The molecule has 0 heterocycles. The Bertz CT molecular complexity index is 611. The van der Waals surface area contributed by atoms with Crippen LogP contribution in [-0.4, -0.2) is 12.6 Å². The molecule has 118 valence electrons. The van der Waals surface area contributed by atoms with Crippen LogP contribution in [0.1, 0.15) is 32.3 Å². The van der Waals surface area contributed by atoms with Crippen LogP contribution in [0, 0.1) is 0 Å². The van der Waals surface area contributed by atoms with E-state index in [4.69, 9.17) is 27.9 Å². The minimum atomic E-state index is 0.0138. The third kappa shape index (κ3) is 4.82. The highest BCUT2D eigenvalue weighted by Gasteiger charge is 2.07. The van der Waals surface area contributed by atoms with Crippen molar-refractivity contribution >= 4 is 28.9 Å². The zero-order chi connectivity index (χ0) is 16.1. The average Bonchev–Trinajstić information content (AvgIpc) is 2.49. The van der Waals surface area contributed by atoms with Gasteiger partial charge in [0.15, 0.2) is 0 Å². The van der Waals surface area contributed by atoms with Gasteiger partial charge in [0.2, 0.25) is 0 Å². The summed E-state index contributed by atoms with van der Waals surface area (Å²) in [5, 5.41) is 4.57. The van der Waals surface area contributed by atoms with E-state index in [0.29, 0.717) is 22.5 Å². The highest BCUT2D eigenvalue weighted by atomic mass is 35.5. The first-order valence-corrected chi connectivity index (χ1v) is 8.17. The summed E-state index contributed by atoms with van der Waals surface area (Å²) in [6.45, 7) is 7.02. The quantitative estimate of drug-likeness (QED) is 0.698. The first-order chi connectivity index (χ1) is 10.5. The zero-order valence-electron chi connectivity index (χ0n) is 13.1. The Morgan fingerprint density at radius 2 is 1.68 bits per heavy atom. The van der Waals surface area contributed by atoms with Gasteiger partial charge in [-0.2, -0.15) is 0 Å². The van der Waals surface area contributed by atoms with Crippen molar-refractivity contribution in [1.82, 2.24) is 0 Å². The highest BCUT2D eigenvalue weighted by molar-refractivity contribution is 6.35. The summed E-state index contributed by atoms with van der Waals surface area (Å²) in [6, 6.07) is 13.6. The molecule has 2 rings (SSSR count). The zero-order valence-corrected chi connectivity index (χ0v) is 14.6. The molecule has 2 nitrogen and oxygen atoms in total. The summed E-state index contributed by atoms with van der Waals surface area (Å²) < 4.78 is 5.90. The van der Waals surface area contributed by atoms with Gasteiger partial charge in [-0.25, -0.2) is 0 Å². The predicted molar refractivity (Wildman–Crippen MR) is 95.6 cm³/mol. The fourth-order valence-electron chi connectivity index (χ4n) is 2.09. The second-order valence-electron chi connectivity index (χ2n) is 5.66. The Kier molecular flexibility index (Phi) is 5.98. The Labute approximate surface area is 142 Å². The van der Waals surface area contributed by atoms with Crippen molar-refractivity contribution in [2.75, 3.05) is 11.9 Å². The number of ether oxygens (including phenoxy) is 1. The second-order valence-corrected chi connectivity index (χ2v) is 6.50. The van der Waals surface area contributed by atoms with E-state index in [9.17, 15) is 0 Å². The lowest BCUT2D eigenvalue weighted by molar-refractivity contribution is 0.234. The molecule has 0 aliphatic rings. The maximum atomic E-state index is 6.12. The first-order valence-electron chi connectivity index (χ1n) is 7.41. The molecule has 0 bridgehead atoms. The molecule has 1 atom stereocenters. The van der Waals surface area contributed by atoms with Crippen molar-refractivity contribution in [3.63, 3.8) is 0 Å². The van der Waals surface area contributed by atoms with Gasteiger partial charge in [-0.05, 0) is 48.7 Å². The third-order valence-electron chi connectivity index (χ3n) is 3.39. The molecule has 4 heteroatoms. The number of hydrogen-bond acceptors (Lipinski definition) is 2. The second kappa shape index (κ2) is 7.75. The SMILES string of the molecule is CC(CNc1cc(Cl)ccc1Cl)Oc1ccc(C(C)C)cc1. The molecule has 1 unspecified atom stereocenters. The molecule has 0 aliphatic heterocycles. The van der Waals surface area contributed by atoms with E-state index < -0.39 is 0 Å². The van der Waals surface area contributed by atoms with Crippen LogP contribution < -0.4 is 10.1 Å². The van der Waals surface area contributed by atoms with Gasteiger partial charge in [0.1, 0.15) is 11.9 Å². The minimum absolute atomic E-state index is 0.0138. The van der Waals surface area contributed by atoms with Crippen molar-refractivity contribution in [3.05, 3.63) is 58.1 Å². The summed E-state index contributed by atoms with van der Waals surface area (Å²) in [5.41, 5.74) is 2.13. The number of rotatable bonds is 6. The number of benzene rings is 2. The van der Waals surface area contributed by atoms with Crippen molar-refractivity contribution in [2.24, 2.45) is 0 Å². The Morgan fingerprint density at radius 3 is 2.32 bits per heavy atom. The van der Waals surface area contributed by atoms with Crippen LogP contribution in [-0.2, 0) is 0 Å². The Morgan fingerprint density at radius 1 is 1.00 bits per heavy atom. The number of halogens is 2. The summed E-state index contributed by atoms with van der Waals surface area (Å²) in [4.78, 5) is 0. The topological polar surface area (TPSA) is 21.3 Å². The average molecular weight is 338 g/mol. The van der Waals surface area contributed by atoms with Crippen LogP contribution in [0.25, 0.3) is 0 Å². The standard InChI is InChI=1S/C18H21Cl2NO/c1-12(2)14-4-7-16(8-5-14)22-13(3)11-21-18-10-15(19)6-9-17(18)20/h4-10,12-13,21H,11H2,1-3H3. The summed E-state index contributed by atoms with van der Waals surface area (Å²) in [7, 11) is 0. The van der Waals surface area contributed by atoms with Crippen molar-refractivity contribution in [3.8, 4) is 5.75 Å². The molecule has 0 spiro atoms. The van der Waals surface area contributed by atoms with Gasteiger partial charge < -0.3 is 10.1 Å². The fourth-order valence-corrected chi connectivity index (χ4v) is 2.45. The molecule has 0 fully saturated rings. The lowest BCUT2D eigenvalue weighted by Crippen LogP contribution is -2.22. The van der Waals surface area contributed by atoms with Gasteiger partial charge >= 0.3 is 0 Å². The van der Waals surface area contributed by atoms with Crippen LogP contribution in [0.5, 0.6) is 5.75 Å². The maximum Gasteiger partial charge on any atom is 0.119 e. The minimum Gasteiger partial charge on any atom is -0.489 e. The largest absolute Gasteiger partial charge is 0.489 e. The van der Waals surface area contributed by atoms with E-state index in [-0.39, 0.29) is 6.10 Å². The van der Waals surface area contributed by atoms with E-state index in [1.807, 2.05) is 25.1 Å². The lowest BCUT2D eigenvalue weighted by Gasteiger charge is -2.17. The highest BCUT2D eigenvalue weighted by Crippen LogP contribution is 2.25. The maximum absolute atomic E-state index is 6.12. The van der Waals surface area contributed by atoms with Gasteiger partial charge in [0.05, 0.1) is 17.3 Å². The molecule has 0 radical (unpaired) electrons. The van der Waals surface area contributed by atoms with Crippen LogP contribution >= 0.6 is 23.2 Å². The van der Waals surface area contributed by atoms with Crippen molar-refractivity contribution in [2.45, 2.75) is 32.8 Å². The first kappa shape index (κ1) is 17.0. The van der Waals surface area contributed by atoms with Crippen molar-refractivity contribution in [1.29, 1.82) is 0 Å². The number of anilines is 1. The summed E-state index contributed by atoms with van der Waals surface area (Å²) >= 11 is 12.1. The third-order valence-corrected chi connectivity index (χ3v) is 3.96. The molecule has 22 heavy (non-hydrogen) atoms. The Hall–Kier alpha value is -1.38. The molecule has 0 aromatic heterocycles. The van der Waals surface area contributed by atoms with Crippen LogP contribution in [0.4, 0.5) is 5.69 Å². The van der Waals surface area contributed by atoms with Crippen LogP contribution in [0.15, 0.2) is 42.5 Å².